The summed E-state index contributed by atoms with van der Waals surface area (Å²) in [5, 5.41) is 4.08. The number of hydrogen-bond donors (Lipinski definition) is 0. The third kappa shape index (κ3) is 1.21. The van der Waals surface area contributed by atoms with Gasteiger partial charge in [0.2, 0.25) is 0 Å². The zero-order valence-corrected chi connectivity index (χ0v) is 8.63. The van der Waals surface area contributed by atoms with Gasteiger partial charge in [0.25, 0.3) is 0 Å². The Kier molecular flexibility index (Phi) is 1.80. The number of halogens is 1. The summed E-state index contributed by atoms with van der Waals surface area (Å²) in [4.78, 5) is 4.21. The Labute approximate surface area is 90.9 Å². The Morgan fingerprint density at radius 2 is 2.12 bits per heavy atom. The Balaban J connectivity index is 2.32. The summed E-state index contributed by atoms with van der Waals surface area (Å²) in [6.07, 6.45) is 3.36. The highest BCUT2D eigenvalue weighted by Gasteiger charge is 2.07. The minimum Gasteiger partial charge on any atom is -0.283 e. The van der Waals surface area contributed by atoms with Crippen LogP contribution < -0.4 is 0 Å². The monoisotopic (exact) mass is 216 g/mol. The second-order valence-electron chi connectivity index (χ2n) is 3.56. The van der Waals surface area contributed by atoms with Crippen molar-refractivity contribution in [1.29, 1.82) is 0 Å². The highest BCUT2D eigenvalue weighted by atomic mass is 19.1. The molecule has 0 aliphatic rings. The fourth-order valence-electron chi connectivity index (χ4n) is 1.77. The number of fused-ring (bicyclic) bond motifs is 1. The van der Waals surface area contributed by atoms with E-state index in [4.69, 9.17) is 0 Å². The van der Waals surface area contributed by atoms with Crippen LogP contribution in [0.2, 0.25) is 0 Å². The Hall–Kier alpha value is -2.17. The highest BCUT2D eigenvalue weighted by Crippen LogP contribution is 2.18. The summed E-state index contributed by atoms with van der Waals surface area (Å²) < 4.78 is 16.7. The first-order chi connectivity index (χ1) is 7.75. The third-order valence-electron chi connectivity index (χ3n) is 2.55. The van der Waals surface area contributed by atoms with E-state index in [2.05, 4.69) is 10.1 Å². The molecule has 0 aliphatic carbocycles. The van der Waals surface area contributed by atoms with Crippen LogP contribution in [0.1, 0.15) is 0 Å². The molecule has 5 heteroatoms. The van der Waals surface area contributed by atoms with Crippen molar-refractivity contribution in [1.82, 2.24) is 19.3 Å². The van der Waals surface area contributed by atoms with E-state index in [-0.39, 0.29) is 5.82 Å². The summed E-state index contributed by atoms with van der Waals surface area (Å²) in [6, 6.07) is 6.39. The minimum absolute atomic E-state index is 0.267. The Morgan fingerprint density at radius 1 is 1.25 bits per heavy atom. The molecule has 3 rings (SSSR count). The number of aryl methyl sites for hydroxylation is 1. The Morgan fingerprint density at radius 3 is 2.88 bits per heavy atom. The van der Waals surface area contributed by atoms with Crippen LogP contribution in [0, 0.1) is 5.82 Å². The van der Waals surface area contributed by atoms with Crippen LogP contribution in [0.15, 0.2) is 36.8 Å². The first-order valence-corrected chi connectivity index (χ1v) is 4.87. The van der Waals surface area contributed by atoms with Crippen LogP contribution in [0.3, 0.4) is 0 Å². The number of nitrogens with zero attached hydrogens (tertiary/aromatic N) is 4. The topological polar surface area (TPSA) is 35.6 Å². The van der Waals surface area contributed by atoms with Gasteiger partial charge in [0.05, 0.1) is 17.2 Å². The van der Waals surface area contributed by atoms with Gasteiger partial charge >= 0.3 is 0 Å². The molecule has 0 bridgehead atoms. The molecule has 0 N–H and O–H groups in total. The SMILES string of the molecule is Cn1nccc1-n1cnc2ccc(F)cc21. The lowest BCUT2D eigenvalue weighted by Crippen LogP contribution is -2.01. The smallest absolute Gasteiger partial charge is 0.136 e. The van der Waals surface area contributed by atoms with Crippen LogP contribution in [0.5, 0.6) is 0 Å². The zero-order chi connectivity index (χ0) is 11.1. The van der Waals surface area contributed by atoms with E-state index in [1.165, 1.54) is 12.1 Å². The van der Waals surface area contributed by atoms with Crippen molar-refractivity contribution in [2.45, 2.75) is 0 Å². The summed E-state index contributed by atoms with van der Waals surface area (Å²) >= 11 is 0. The minimum atomic E-state index is -0.267. The number of imidazole rings is 1. The van der Waals surface area contributed by atoms with E-state index in [1.807, 2.05) is 17.7 Å². The molecule has 4 nitrogen and oxygen atoms in total. The fourth-order valence-corrected chi connectivity index (χ4v) is 1.77. The molecule has 0 saturated heterocycles. The molecule has 0 saturated carbocycles. The molecule has 0 aliphatic heterocycles. The number of rotatable bonds is 1. The first kappa shape index (κ1) is 9.08. The van der Waals surface area contributed by atoms with E-state index in [9.17, 15) is 4.39 Å². The van der Waals surface area contributed by atoms with Crippen LogP contribution >= 0.6 is 0 Å². The van der Waals surface area contributed by atoms with Gasteiger partial charge in [-0.2, -0.15) is 5.10 Å². The summed E-state index contributed by atoms with van der Waals surface area (Å²) in [7, 11) is 1.83. The lowest BCUT2D eigenvalue weighted by Gasteiger charge is -2.03. The maximum Gasteiger partial charge on any atom is 0.136 e. The molecule has 0 spiro atoms. The first-order valence-electron chi connectivity index (χ1n) is 4.87. The van der Waals surface area contributed by atoms with Gasteiger partial charge in [-0.25, -0.2) is 9.37 Å². The van der Waals surface area contributed by atoms with Crippen molar-refractivity contribution in [3.05, 3.63) is 42.6 Å². The molecule has 3 aromatic rings. The quantitative estimate of drug-likeness (QED) is 0.622. The van der Waals surface area contributed by atoms with Gasteiger partial charge in [0.15, 0.2) is 0 Å². The molecule has 1 aromatic carbocycles. The molecule has 2 heterocycles. The van der Waals surface area contributed by atoms with Gasteiger partial charge in [0.1, 0.15) is 18.0 Å². The molecule has 0 fully saturated rings. The lowest BCUT2D eigenvalue weighted by molar-refractivity contribution is 0.629. The van der Waals surface area contributed by atoms with Crippen molar-refractivity contribution in [2.24, 2.45) is 7.05 Å². The van der Waals surface area contributed by atoms with Crippen LogP contribution in [0.4, 0.5) is 4.39 Å². The van der Waals surface area contributed by atoms with Crippen molar-refractivity contribution in [2.75, 3.05) is 0 Å². The molecular formula is C11H9FN4. The van der Waals surface area contributed by atoms with Crippen LogP contribution in [-0.4, -0.2) is 19.3 Å². The predicted molar refractivity (Wildman–Crippen MR) is 57.8 cm³/mol. The van der Waals surface area contributed by atoms with E-state index < -0.39 is 0 Å². The van der Waals surface area contributed by atoms with Crippen molar-refractivity contribution in [3.8, 4) is 5.82 Å². The van der Waals surface area contributed by atoms with E-state index in [1.54, 1.807) is 23.3 Å². The average Bonchev–Trinajstić information content (AvgIpc) is 2.83. The van der Waals surface area contributed by atoms with Crippen molar-refractivity contribution in [3.63, 3.8) is 0 Å². The van der Waals surface area contributed by atoms with Gasteiger partial charge < -0.3 is 0 Å². The van der Waals surface area contributed by atoms with E-state index in [0.29, 0.717) is 0 Å². The van der Waals surface area contributed by atoms with Gasteiger partial charge in [-0.3, -0.25) is 9.25 Å². The van der Waals surface area contributed by atoms with Crippen molar-refractivity contribution < 1.29 is 4.39 Å². The summed E-state index contributed by atoms with van der Waals surface area (Å²) in [5.74, 6) is 0.588. The van der Waals surface area contributed by atoms with E-state index in [0.717, 1.165) is 16.9 Å². The number of hydrogen-bond acceptors (Lipinski definition) is 2. The van der Waals surface area contributed by atoms with Gasteiger partial charge in [-0.15, -0.1) is 0 Å². The average molecular weight is 216 g/mol. The molecular weight excluding hydrogens is 207 g/mol. The molecule has 0 unspecified atom stereocenters. The summed E-state index contributed by atoms with van der Waals surface area (Å²) in [5.41, 5.74) is 1.51. The molecule has 2 aromatic heterocycles. The third-order valence-corrected chi connectivity index (χ3v) is 2.55. The highest BCUT2D eigenvalue weighted by molar-refractivity contribution is 5.76. The lowest BCUT2D eigenvalue weighted by atomic mass is 10.3. The largest absolute Gasteiger partial charge is 0.283 e. The molecule has 0 amide bonds. The second-order valence-corrected chi connectivity index (χ2v) is 3.56. The predicted octanol–water partition coefficient (Wildman–Crippen LogP) is 1.90. The van der Waals surface area contributed by atoms with Gasteiger partial charge in [0, 0.05) is 19.2 Å². The number of benzene rings is 1. The standard InChI is InChI=1S/C11H9FN4/c1-15-11(4-5-14-15)16-7-13-9-3-2-8(12)6-10(9)16/h2-7H,1H3. The number of aromatic nitrogens is 4. The summed E-state index contributed by atoms with van der Waals surface area (Å²) in [6.45, 7) is 0. The Bertz CT molecular complexity index is 653. The zero-order valence-electron chi connectivity index (χ0n) is 8.63. The molecule has 16 heavy (non-hydrogen) atoms. The molecule has 0 atom stereocenters. The fraction of sp³-hybridized carbons (Fsp3) is 0.0909. The van der Waals surface area contributed by atoms with Crippen LogP contribution in [-0.2, 0) is 7.05 Å². The second kappa shape index (κ2) is 3.16. The normalized spacial score (nSPS) is 11.1. The maximum absolute atomic E-state index is 13.2. The van der Waals surface area contributed by atoms with Crippen molar-refractivity contribution >= 4 is 11.0 Å². The van der Waals surface area contributed by atoms with Crippen LogP contribution in [0.25, 0.3) is 16.9 Å². The van der Waals surface area contributed by atoms with Gasteiger partial charge in [-0.05, 0) is 12.1 Å². The van der Waals surface area contributed by atoms with E-state index >= 15 is 0 Å². The molecule has 80 valence electrons. The maximum atomic E-state index is 13.2. The molecule has 0 radical (unpaired) electrons. The van der Waals surface area contributed by atoms with Gasteiger partial charge in [-0.1, -0.05) is 0 Å².